The minimum atomic E-state index is -0.296. The van der Waals surface area contributed by atoms with Crippen LogP contribution in [0, 0.1) is 5.82 Å². The highest BCUT2D eigenvalue weighted by Gasteiger charge is 2.23. The monoisotopic (exact) mass is 433 g/mol. The minimum absolute atomic E-state index is 0.296. The molecule has 158 valence electrons. The van der Waals surface area contributed by atoms with Crippen LogP contribution in [0.15, 0.2) is 61.1 Å². The number of nitrogens with zero attached hydrogens (tertiary/aromatic N) is 3. The molecular weight excluding hydrogens is 409 g/mol. The van der Waals surface area contributed by atoms with Crippen molar-refractivity contribution in [2.45, 2.75) is 37.5 Å². The highest BCUT2D eigenvalue weighted by Crippen LogP contribution is 2.39. The number of nitrogens with one attached hydrogen (secondary N) is 1. The molecule has 1 fully saturated rings. The van der Waals surface area contributed by atoms with E-state index >= 15 is 0 Å². The van der Waals surface area contributed by atoms with Gasteiger partial charge in [0.15, 0.2) is 0 Å². The van der Waals surface area contributed by atoms with Crippen molar-refractivity contribution in [2.24, 2.45) is 0 Å². The second-order valence-corrected chi connectivity index (χ2v) is 8.70. The first-order valence-corrected chi connectivity index (χ1v) is 11.5. The summed E-state index contributed by atoms with van der Waals surface area (Å²) in [5, 5.41) is 0.799. The predicted octanol–water partition coefficient (Wildman–Crippen LogP) is 6.20. The number of nitrogens with two attached hydrogens (primary N) is 1. The van der Waals surface area contributed by atoms with Gasteiger partial charge in [0.25, 0.3) is 0 Å². The SMILES string of the molecule is Nc1ncnc2c1c(-c1ccc(NSCc3ccccc3)c(F)c1)cn2C1CCCC1. The van der Waals surface area contributed by atoms with Crippen LogP contribution in [0.2, 0.25) is 0 Å². The number of benzene rings is 2. The zero-order valence-electron chi connectivity index (χ0n) is 17.1. The van der Waals surface area contributed by atoms with Crippen LogP contribution in [0.1, 0.15) is 37.3 Å². The Bertz CT molecular complexity index is 1200. The van der Waals surface area contributed by atoms with Crippen molar-refractivity contribution >= 4 is 34.5 Å². The third-order valence-electron chi connectivity index (χ3n) is 5.90. The van der Waals surface area contributed by atoms with Gasteiger partial charge in [-0.1, -0.05) is 49.2 Å². The van der Waals surface area contributed by atoms with Gasteiger partial charge in [-0.25, -0.2) is 14.4 Å². The van der Waals surface area contributed by atoms with E-state index in [-0.39, 0.29) is 5.82 Å². The fourth-order valence-electron chi connectivity index (χ4n) is 4.32. The lowest BCUT2D eigenvalue weighted by atomic mass is 10.1. The van der Waals surface area contributed by atoms with Crippen molar-refractivity contribution in [3.63, 3.8) is 0 Å². The van der Waals surface area contributed by atoms with Gasteiger partial charge >= 0.3 is 0 Å². The minimum Gasteiger partial charge on any atom is -0.383 e. The largest absolute Gasteiger partial charge is 0.383 e. The molecule has 0 unspecified atom stereocenters. The molecule has 0 amide bonds. The van der Waals surface area contributed by atoms with Crippen molar-refractivity contribution in [1.29, 1.82) is 0 Å². The molecule has 5 nitrogen and oxygen atoms in total. The van der Waals surface area contributed by atoms with Crippen LogP contribution in [0.25, 0.3) is 22.2 Å². The first-order valence-electron chi connectivity index (χ1n) is 10.5. The van der Waals surface area contributed by atoms with E-state index in [9.17, 15) is 4.39 Å². The molecule has 2 heterocycles. The third kappa shape index (κ3) is 3.97. The molecule has 0 radical (unpaired) electrons. The van der Waals surface area contributed by atoms with Crippen molar-refractivity contribution < 1.29 is 4.39 Å². The molecule has 1 aliphatic rings. The molecule has 0 saturated heterocycles. The highest BCUT2D eigenvalue weighted by atomic mass is 32.2. The Morgan fingerprint density at radius 1 is 1.10 bits per heavy atom. The molecule has 0 bridgehead atoms. The normalized spacial score (nSPS) is 14.4. The number of hydrogen-bond donors (Lipinski definition) is 2. The van der Waals surface area contributed by atoms with E-state index in [1.165, 1.54) is 36.7 Å². The molecule has 4 aromatic rings. The van der Waals surface area contributed by atoms with Gasteiger partial charge in [-0.15, -0.1) is 0 Å². The molecule has 7 heteroatoms. The number of halogens is 1. The molecular formula is C24H24FN5S. The number of hydrogen-bond acceptors (Lipinski definition) is 5. The molecule has 1 aliphatic carbocycles. The Labute approximate surface area is 185 Å². The van der Waals surface area contributed by atoms with Gasteiger partial charge in [-0.05, 0) is 48.0 Å². The molecule has 2 aromatic carbocycles. The maximum absolute atomic E-state index is 14.9. The Hall–Kier alpha value is -3.06. The van der Waals surface area contributed by atoms with Crippen molar-refractivity contribution in [3.8, 4) is 11.1 Å². The van der Waals surface area contributed by atoms with Crippen molar-refractivity contribution in [3.05, 3.63) is 72.4 Å². The Balaban J connectivity index is 1.43. The summed E-state index contributed by atoms with van der Waals surface area (Å²) >= 11 is 1.47. The topological polar surface area (TPSA) is 68.8 Å². The quantitative estimate of drug-likeness (QED) is 0.355. The van der Waals surface area contributed by atoms with E-state index < -0.39 is 0 Å². The third-order valence-corrected chi connectivity index (χ3v) is 6.74. The number of aromatic nitrogens is 3. The maximum Gasteiger partial charge on any atom is 0.147 e. The van der Waals surface area contributed by atoms with E-state index in [0.29, 0.717) is 17.5 Å². The van der Waals surface area contributed by atoms with E-state index in [1.54, 1.807) is 12.1 Å². The number of anilines is 2. The van der Waals surface area contributed by atoms with Gasteiger partial charge in [0, 0.05) is 23.6 Å². The lowest BCUT2D eigenvalue weighted by Gasteiger charge is -2.12. The second-order valence-electron chi connectivity index (χ2n) is 7.92. The molecule has 0 spiro atoms. The van der Waals surface area contributed by atoms with Crippen LogP contribution >= 0.6 is 11.9 Å². The zero-order valence-corrected chi connectivity index (χ0v) is 17.9. The predicted molar refractivity (Wildman–Crippen MR) is 126 cm³/mol. The Morgan fingerprint density at radius 2 is 1.90 bits per heavy atom. The molecule has 3 N–H and O–H groups in total. The fourth-order valence-corrected chi connectivity index (χ4v) is 5.08. The molecule has 5 rings (SSSR count). The van der Waals surface area contributed by atoms with Crippen LogP contribution in [0.3, 0.4) is 0 Å². The summed E-state index contributed by atoms with van der Waals surface area (Å²) in [6, 6.07) is 15.8. The zero-order chi connectivity index (χ0) is 21.2. The molecule has 2 aromatic heterocycles. The summed E-state index contributed by atoms with van der Waals surface area (Å²) in [7, 11) is 0. The summed E-state index contributed by atoms with van der Waals surface area (Å²) in [5.41, 5.74) is 10.4. The summed E-state index contributed by atoms with van der Waals surface area (Å²) in [6.07, 6.45) is 8.26. The van der Waals surface area contributed by atoms with E-state index in [4.69, 9.17) is 5.73 Å². The molecule has 31 heavy (non-hydrogen) atoms. The van der Waals surface area contributed by atoms with Gasteiger partial charge in [0.1, 0.15) is 23.6 Å². The molecule has 0 aliphatic heterocycles. The van der Waals surface area contributed by atoms with Gasteiger partial charge in [-0.2, -0.15) is 0 Å². The average Bonchev–Trinajstić information content (AvgIpc) is 3.44. The van der Waals surface area contributed by atoms with Crippen LogP contribution in [0.4, 0.5) is 15.9 Å². The lowest BCUT2D eigenvalue weighted by molar-refractivity contribution is 0.532. The average molecular weight is 434 g/mol. The van der Waals surface area contributed by atoms with Gasteiger partial charge in [-0.3, -0.25) is 0 Å². The Kier molecular flexibility index (Phi) is 5.51. The van der Waals surface area contributed by atoms with Crippen molar-refractivity contribution in [2.75, 3.05) is 10.5 Å². The first kappa shape index (κ1) is 19.9. The highest BCUT2D eigenvalue weighted by molar-refractivity contribution is 7.99. The summed E-state index contributed by atoms with van der Waals surface area (Å²) < 4.78 is 20.3. The number of rotatable bonds is 6. The van der Waals surface area contributed by atoms with Crippen LogP contribution < -0.4 is 10.5 Å². The maximum atomic E-state index is 14.9. The fraction of sp³-hybridized carbons (Fsp3) is 0.250. The number of fused-ring (bicyclic) bond motifs is 1. The number of nitrogen functional groups attached to an aromatic ring is 1. The Morgan fingerprint density at radius 3 is 2.68 bits per heavy atom. The standard InChI is InChI=1S/C24H24FN5S/c25-20-12-17(10-11-21(20)29-31-14-16-6-2-1-3-7-16)19-13-30(18-8-4-5-9-18)24-22(19)23(26)27-15-28-24/h1-3,6-7,10-13,15,18,29H,4-5,8-9,14H2,(H2,26,27,28). The van der Waals surface area contributed by atoms with Gasteiger partial charge < -0.3 is 15.0 Å². The first-order chi connectivity index (χ1) is 15.2. The van der Waals surface area contributed by atoms with E-state index in [2.05, 4.69) is 37.6 Å². The van der Waals surface area contributed by atoms with Gasteiger partial charge in [0.05, 0.1) is 11.1 Å². The van der Waals surface area contributed by atoms with Crippen LogP contribution in [0.5, 0.6) is 0 Å². The lowest BCUT2D eigenvalue weighted by Crippen LogP contribution is -2.04. The van der Waals surface area contributed by atoms with E-state index in [1.807, 2.05) is 24.3 Å². The summed E-state index contributed by atoms with van der Waals surface area (Å²) in [4.78, 5) is 8.69. The van der Waals surface area contributed by atoms with Crippen LogP contribution in [-0.2, 0) is 5.75 Å². The van der Waals surface area contributed by atoms with Crippen LogP contribution in [-0.4, -0.2) is 14.5 Å². The summed E-state index contributed by atoms with van der Waals surface area (Å²) in [6.45, 7) is 0. The second kappa shape index (κ2) is 8.59. The molecule has 1 saturated carbocycles. The molecule has 0 atom stereocenters. The van der Waals surface area contributed by atoms with Crippen molar-refractivity contribution in [1.82, 2.24) is 14.5 Å². The van der Waals surface area contributed by atoms with Gasteiger partial charge in [0.2, 0.25) is 0 Å². The van der Waals surface area contributed by atoms with E-state index in [0.717, 1.165) is 40.8 Å². The smallest absolute Gasteiger partial charge is 0.147 e. The summed E-state index contributed by atoms with van der Waals surface area (Å²) in [5.74, 6) is 0.887.